The lowest BCUT2D eigenvalue weighted by atomic mass is 9.82. The Labute approximate surface area is 109 Å². The number of Topliss-reactive ketones (excluding diaryl/α,β-unsaturated/α-hetero) is 1. The third-order valence-corrected chi connectivity index (χ3v) is 4.04. The van der Waals surface area contributed by atoms with Crippen molar-refractivity contribution in [3.8, 4) is 0 Å². The maximum Gasteiger partial charge on any atom is 0.165 e. The summed E-state index contributed by atoms with van der Waals surface area (Å²) in [6, 6.07) is 0. The van der Waals surface area contributed by atoms with Crippen molar-refractivity contribution in [3.63, 3.8) is 0 Å². The van der Waals surface area contributed by atoms with Crippen molar-refractivity contribution in [1.29, 1.82) is 0 Å². The van der Waals surface area contributed by atoms with Crippen molar-refractivity contribution in [3.05, 3.63) is 0 Å². The molecular weight excluding hydrogens is 232 g/mol. The molecule has 0 aromatic carbocycles. The Morgan fingerprint density at radius 1 is 1.17 bits per heavy atom. The molecule has 0 atom stereocenters. The SMILES string of the molecule is CCOC1(C(=O)CC2CCOCC2)CCOCC1. The Bertz CT molecular complexity index is 259. The van der Waals surface area contributed by atoms with Gasteiger partial charge in [-0.3, -0.25) is 4.79 Å². The third-order valence-electron chi connectivity index (χ3n) is 4.04. The summed E-state index contributed by atoms with van der Waals surface area (Å²) in [5.74, 6) is 0.756. The van der Waals surface area contributed by atoms with E-state index in [1.165, 1.54) is 0 Å². The minimum Gasteiger partial charge on any atom is -0.381 e. The first-order valence-electron chi connectivity index (χ1n) is 7.09. The molecule has 0 bridgehead atoms. The first-order chi connectivity index (χ1) is 8.77. The monoisotopic (exact) mass is 256 g/mol. The van der Waals surface area contributed by atoms with Crippen molar-refractivity contribution < 1.29 is 19.0 Å². The molecule has 104 valence electrons. The van der Waals surface area contributed by atoms with Crippen LogP contribution >= 0.6 is 0 Å². The average molecular weight is 256 g/mol. The summed E-state index contributed by atoms with van der Waals surface area (Å²) in [7, 11) is 0. The molecule has 0 spiro atoms. The van der Waals surface area contributed by atoms with Gasteiger partial charge < -0.3 is 14.2 Å². The summed E-state index contributed by atoms with van der Waals surface area (Å²) in [6.45, 7) is 5.42. The van der Waals surface area contributed by atoms with Gasteiger partial charge in [0.05, 0.1) is 0 Å². The van der Waals surface area contributed by atoms with Gasteiger partial charge in [0, 0.05) is 52.3 Å². The van der Waals surface area contributed by atoms with Gasteiger partial charge in [-0.15, -0.1) is 0 Å². The van der Waals surface area contributed by atoms with Gasteiger partial charge in [0.25, 0.3) is 0 Å². The fraction of sp³-hybridized carbons (Fsp3) is 0.929. The Hall–Kier alpha value is -0.450. The molecular formula is C14H24O4. The number of hydrogen-bond donors (Lipinski definition) is 0. The standard InChI is InChI=1S/C14H24O4/c1-2-18-14(5-9-17-10-6-14)13(15)11-12-3-7-16-8-4-12/h12H,2-11H2,1H3. The van der Waals surface area contributed by atoms with Crippen LogP contribution in [0.3, 0.4) is 0 Å². The largest absolute Gasteiger partial charge is 0.381 e. The highest BCUT2D eigenvalue weighted by Crippen LogP contribution is 2.30. The lowest BCUT2D eigenvalue weighted by Gasteiger charge is -2.36. The third kappa shape index (κ3) is 3.31. The van der Waals surface area contributed by atoms with E-state index in [1.807, 2.05) is 6.92 Å². The number of hydrogen-bond acceptors (Lipinski definition) is 4. The first-order valence-corrected chi connectivity index (χ1v) is 7.09. The minimum atomic E-state index is -0.564. The molecule has 0 aromatic rings. The molecule has 2 fully saturated rings. The van der Waals surface area contributed by atoms with Gasteiger partial charge in [-0.2, -0.15) is 0 Å². The topological polar surface area (TPSA) is 44.8 Å². The lowest BCUT2D eigenvalue weighted by Crippen LogP contribution is -2.47. The van der Waals surface area contributed by atoms with Crippen LogP contribution in [0.2, 0.25) is 0 Å². The van der Waals surface area contributed by atoms with Crippen LogP contribution < -0.4 is 0 Å². The molecule has 2 heterocycles. The van der Waals surface area contributed by atoms with E-state index >= 15 is 0 Å². The Balaban J connectivity index is 1.94. The van der Waals surface area contributed by atoms with Crippen LogP contribution in [0.5, 0.6) is 0 Å². The maximum absolute atomic E-state index is 12.6. The molecule has 0 saturated carbocycles. The van der Waals surface area contributed by atoms with E-state index in [1.54, 1.807) is 0 Å². The van der Waals surface area contributed by atoms with Gasteiger partial charge >= 0.3 is 0 Å². The van der Waals surface area contributed by atoms with Crippen molar-refractivity contribution in [1.82, 2.24) is 0 Å². The predicted molar refractivity (Wildman–Crippen MR) is 67.6 cm³/mol. The summed E-state index contributed by atoms with van der Waals surface area (Å²) in [5.41, 5.74) is -0.564. The molecule has 4 nitrogen and oxygen atoms in total. The van der Waals surface area contributed by atoms with E-state index in [9.17, 15) is 4.79 Å². The molecule has 18 heavy (non-hydrogen) atoms. The minimum absolute atomic E-state index is 0.277. The van der Waals surface area contributed by atoms with Gasteiger partial charge in [0.15, 0.2) is 5.78 Å². The van der Waals surface area contributed by atoms with E-state index < -0.39 is 5.60 Å². The van der Waals surface area contributed by atoms with E-state index in [0.29, 0.717) is 45.0 Å². The van der Waals surface area contributed by atoms with Crippen LogP contribution in [0.1, 0.15) is 39.0 Å². The molecule has 2 aliphatic heterocycles. The quantitative estimate of drug-likeness (QED) is 0.754. The fourth-order valence-corrected chi connectivity index (χ4v) is 2.88. The summed E-state index contributed by atoms with van der Waals surface area (Å²) in [4.78, 5) is 12.6. The smallest absolute Gasteiger partial charge is 0.165 e. The van der Waals surface area contributed by atoms with Crippen LogP contribution in [0, 0.1) is 5.92 Å². The zero-order chi connectivity index (χ0) is 12.8. The van der Waals surface area contributed by atoms with Crippen molar-refractivity contribution in [2.45, 2.75) is 44.6 Å². The normalized spacial score (nSPS) is 24.9. The van der Waals surface area contributed by atoms with E-state index in [2.05, 4.69) is 0 Å². The predicted octanol–water partition coefficient (Wildman–Crippen LogP) is 1.96. The summed E-state index contributed by atoms with van der Waals surface area (Å²) < 4.78 is 16.5. The number of rotatable bonds is 5. The molecule has 2 aliphatic rings. The highest BCUT2D eigenvalue weighted by atomic mass is 16.5. The maximum atomic E-state index is 12.6. The lowest BCUT2D eigenvalue weighted by molar-refractivity contribution is -0.159. The van der Waals surface area contributed by atoms with Crippen molar-refractivity contribution >= 4 is 5.78 Å². The summed E-state index contributed by atoms with van der Waals surface area (Å²) in [6.07, 6.45) is 4.07. The molecule has 2 saturated heterocycles. The average Bonchev–Trinajstić information content (AvgIpc) is 2.41. The second-order valence-corrected chi connectivity index (χ2v) is 5.22. The number of ketones is 1. The number of carbonyl (C=O) groups excluding carboxylic acids is 1. The summed E-state index contributed by atoms with van der Waals surface area (Å²) in [5, 5.41) is 0. The van der Waals surface area contributed by atoms with Crippen LogP contribution in [0.4, 0.5) is 0 Å². The van der Waals surface area contributed by atoms with E-state index in [0.717, 1.165) is 26.1 Å². The Kier molecular flexibility index (Phi) is 5.15. The second-order valence-electron chi connectivity index (χ2n) is 5.22. The molecule has 2 rings (SSSR count). The fourth-order valence-electron chi connectivity index (χ4n) is 2.88. The molecule has 0 unspecified atom stereocenters. The van der Waals surface area contributed by atoms with Crippen molar-refractivity contribution in [2.75, 3.05) is 33.0 Å². The number of carbonyl (C=O) groups is 1. The highest BCUT2D eigenvalue weighted by molar-refractivity contribution is 5.87. The highest BCUT2D eigenvalue weighted by Gasteiger charge is 2.41. The summed E-state index contributed by atoms with van der Waals surface area (Å²) >= 11 is 0. The van der Waals surface area contributed by atoms with Crippen LogP contribution in [0.25, 0.3) is 0 Å². The molecule has 0 radical (unpaired) electrons. The van der Waals surface area contributed by atoms with Gasteiger partial charge in [-0.05, 0) is 25.7 Å². The Morgan fingerprint density at radius 2 is 1.78 bits per heavy atom. The second kappa shape index (κ2) is 6.64. The Morgan fingerprint density at radius 3 is 2.39 bits per heavy atom. The zero-order valence-electron chi connectivity index (χ0n) is 11.3. The molecule has 0 amide bonds. The molecule has 0 N–H and O–H groups in total. The zero-order valence-corrected chi connectivity index (χ0v) is 11.3. The van der Waals surface area contributed by atoms with Gasteiger partial charge in [0.1, 0.15) is 5.60 Å². The van der Waals surface area contributed by atoms with Gasteiger partial charge in [0.2, 0.25) is 0 Å². The number of ether oxygens (including phenoxy) is 3. The molecule has 0 aromatic heterocycles. The molecule has 4 heteroatoms. The van der Waals surface area contributed by atoms with Crippen molar-refractivity contribution in [2.24, 2.45) is 5.92 Å². The van der Waals surface area contributed by atoms with E-state index in [-0.39, 0.29) is 5.78 Å². The van der Waals surface area contributed by atoms with Crippen LogP contribution in [-0.2, 0) is 19.0 Å². The van der Waals surface area contributed by atoms with Gasteiger partial charge in [-0.1, -0.05) is 0 Å². The molecule has 0 aliphatic carbocycles. The van der Waals surface area contributed by atoms with Crippen LogP contribution in [-0.4, -0.2) is 44.4 Å². The first kappa shape index (κ1) is 14.0. The van der Waals surface area contributed by atoms with E-state index in [4.69, 9.17) is 14.2 Å². The van der Waals surface area contributed by atoms with Crippen LogP contribution in [0.15, 0.2) is 0 Å². The van der Waals surface area contributed by atoms with Gasteiger partial charge in [-0.25, -0.2) is 0 Å².